The van der Waals surface area contributed by atoms with Gasteiger partial charge in [0.1, 0.15) is 13.2 Å². The van der Waals surface area contributed by atoms with Gasteiger partial charge in [0.05, 0.1) is 0 Å². The summed E-state index contributed by atoms with van der Waals surface area (Å²) < 4.78 is 17.0. The summed E-state index contributed by atoms with van der Waals surface area (Å²) in [6, 6.07) is 0. The largest absolute Gasteiger partial charge is 0.462 e. The van der Waals surface area contributed by atoms with Crippen LogP contribution in [-0.4, -0.2) is 37.2 Å². The SMILES string of the molecule is CCCCCCC/C=C\C/C=C\C/C=C\CCCCCCCCC(=O)OC(COC(=O)CCCCCCCCC/C=C\CCCCCCCC)COC(=O)CCCCCCCCCCCCCCCCCCCCCCCCCCC. The van der Waals surface area contributed by atoms with Crippen molar-refractivity contribution in [2.45, 2.75) is 399 Å². The molecular formula is C75H138O6. The fourth-order valence-corrected chi connectivity index (χ4v) is 10.9. The van der Waals surface area contributed by atoms with E-state index >= 15 is 0 Å². The zero-order valence-corrected chi connectivity index (χ0v) is 54.6. The summed E-state index contributed by atoms with van der Waals surface area (Å²) >= 11 is 0. The number of unbranched alkanes of at least 4 members (excludes halogenated alkanes) is 48. The smallest absolute Gasteiger partial charge is 0.306 e. The molecular weight excluding hydrogens is 997 g/mol. The molecule has 0 fully saturated rings. The molecule has 0 aromatic rings. The van der Waals surface area contributed by atoms with Crippen LogP contribution in [0.5, 0.6) is 0 Å². The van der Waals surface area contributed by atoms with Crippen molar-refractivity contribution in [2.24, 2.45) is 0 Å². The van der Waals surface area contributed by atoms with Crippen LogP contribution in [0.3, 0.4) is 0 Å². The summed E-state index contributed by atoms with van der Waals surface area (Å²) in [4.78, 5) is 38.5. The highest BCUT2D eigenvalue weighted by Gasteiger charge is 2.19. The first-order chi connectivity index (χ1) is 40.0. The Labute approximate surface area is 505 Å². The van der Waals surface area contributed by atoms with Crippen LogP contribution in [0.25, 0.3) is 0 Å². The van der Waals surface area contributed by atoms with Crippen molar-refractivity contribution < 1.29 is 28.6 Å². The predicted octanol–water partition coefficient (Wildman–Crippen LogP) is 24.9. The molecule has 0 aliphatic heterocycles. The van der Waals surface area contributed by atoms with Gasteiger partial charge in [0, 0.05) is 19.3 Å². The minimum absolute atomic E-state index is 0.0758. The van der Waals surface area contributed by atoms with Crippen molar-refractivity contribution in [2.75, 3.05) is 13.2 Å². The summed E-state index contributed by atoms with van der Waals surface area (Å²) in [5.41, 5.74) is 0. The highest BCUT2D eigenvalue weighted by molar-refractivity contribution is 5.71. The predicted molar refractivity (Wildman–Crippen MR) is 353 cm³/mol. The molecule has 6 heteroatoms. The zero-order valence-electron chi connectivity index (χ0n) is 54.6. The van der Waals surface area contributed by atoms with Crippen LogP contribution in [0.1, 0.15) is 393 Å². The Morgan fingerprint density at radius 3 is 0.704 bits per heavy atom. The Bertz CT molecular complexity index is 1400. The van der Waals surface area contributed by atoms with E-state index in [2.05, 4.69) is 69.4 Å². The molecule has 0 radical (unpaired) electrons. The lowest BCUT2D eigenvalue weighted by Crippen LogP contribution is -2.30. The third-order valence-corrected chi connectivity index (χ3v) is 16.3. The maximum Gasteiger partial charge on any atom is 0.306 e. The van der Waals surface area contributed by atoms with Crippen LogP contribution >= 0.6 is 0 Å². The van der Waals surface area contributed by atoms with E-state index in [9.17, 15) is 14.4 Å². The molecule has 474 valence electrons. The van der Waals surface area contributed by atoms with Crippen LogP contribution < -0.4 is 0 Å². The lowest BCUT2D eigenvalue weighted by Gasteiger charge is -2.18. The molecule has 0 aromatic heterocycles. The van der Waals surface area contributed by atoms with E-state index in [0.29, 0.717) is 19.3 Å². The zero-order chi connectivity index (χ0) is 58.5. The molecule has 0 aromatic carbocycles. The normalized spacial score (nSPS) is 12.3. The highest BCUT2D eigenvalue weighted by atomic mass is 16.6. The van der Waals surface area contributed by atoms with Gasteiger partial charge in [-0.1, -0.05) is 339 Å². The van der Waals surface area contributed by atoms with E-state index in [1.165, 1.54) is 276 Å². The molecule has 81 heavy (non-hydrogen) atoms. The maximum absolute atomic E-state index is 13.0. The first-order valence-corrected chi connectivity index (χ1v) is 36.1. The van der Waals surface area contributed by atoms with E-state index in [1.54, 1.807) is 0 Å². The second-order valence-corrected chi connectivity index (χ2v) is 24.5. The van der Waals surface area contributed by atoms with Crippen molar-refractivity contribution >= 4 is 17.9 Å². The van der Waals surface area contributed by atoms with Crippen molar-refractivity contribution in [3.05, 3.63) is 48.6 Å². The first kappa shape index (κ1) is 78.4. The fourth-order valence-electron chi connectivity index (χ4n) is 10.9. The molecule has 0 spiro atoms. The van der Waals surface area contributed by atoms with Crippen molar-refractivity contribution in [3.8, 4) is 0 Å². The summed E-state index contributed by atoms with van der Waals surface area (Å²) in [7, 11) is 0. The number of esters is 3. The monoisotopic (exact) mass is 1140 g/mol. The summed E-state index contributed by atoms with van der Waals surface area (Å²) in [6.45, 7) is 6.68. The Hall–Kier alpha value is -2.63. The third kappa shape index (κ3) is 68.0. The van der Waals surface area contributed by atoms with Gasteiger partial charge in [-0.25, -0.2) is 0 Å². The van der Waals surface area contributed by atoms with Gasteiger partial charge in [-0.2, -0.15) is 0 Å². The van der Waals surface area contributed by atoms with E-state index < -0.39 is 6.10 Å². The molecule has 0 aliphatic rings. The maximum atomic E-state index is 13.0. The lowest BCUT2D eigenvalue weighted by molar-refractivity contribution is -0.167. The molecule has 1 unspecified atom stereocenters. The number of ether oxygens (including phenoxy) is 3. The molecule has 0 amide bonds. The average molecular weight is 1140 g/mol. The van der Waals surface area contributed by atoms with Gasteiger partial charge in [0.2, 0.25) is 0 Å². The Balaban J connectivity index is 4.32. The molecule has 0 rings (SSSR count). The molecule has 0 heterocycles. The molecule has 1 atom stereocenters. The van der Waals surface area contributed by atoms with Gasteiger partial charge >= 0.3 is 17.9 Å². The van der Waals surface area contributed by atoms with Crippen LogP contribution in [-0.2, 0) is 28.6 Å². The minimum atomic E-state index is -0.782. The van der Waals surface area contributed by atoms with Gasteiger partial charge < -0.3 is 14.2 Å². The molecule has 0 bridgehead atoms. The van der Waals surface area contributed by atoms with Crippen LogP contribution in [0.15, 0.2) is 48.6 Å². The van der Waals surface area contributed by atoms with Crippen molar-refractivity contribution in [1.82, 2.24) is 0 Å². The Morgan fingerprint density at radius 2 is 0.444 bits per heavy atom. The highest BCUT2D eigenvalue weighted by Crippen LogP contribution is 2.18. The number of carbonyl (C=O) groups is 3. The molecule has 0 saturated carbocycles. The molecule has 0 aliphatic carbocycles. The van der Waals surface area contributed by atoms with Crippen molar-refractivity contribution in [1.29, 1.82) is 0 Å². The number of allylic oxidation sites excluding steroid dienone is 8. The van der Waals surface area contributed by atoms with E-state index in [1.807, 2.05) is 0 Å². The minimum Gasteiger partial charge on any atom is -0.462 e. The number of hydrogen-bond acceptors (Lipinski definition) is 6. The van der Waals surface area contributed by atoms with Gasteiger partial charge in [-0.05, 0) is 83.5 Å². The quantitative estimate of drug-likeness (QED) is 0.0261. The third-order valence-electron chi connectivity index (χ3n) is 16.3. The van der Waals surface area contributed by atoms with Crippen molar-refractivity contribution in [3.63, 3.8) is 0 Å². The number of rotatable bonds is 67. The second kappa shape index (κ2) is 69.9. The number of hydrogen-bond donors (Lipinski definition) is 0. The fraction of sp³-hybridized carbons (Fsp3) is 0.853. The first-order valence-electron chi connectivity index (χ1n) is 36.1. The van der Waals surface area contributed by atoms with E-state index in [4.69, 9.17) is 14.2 Å². The second-order valence-electron chi connectivity index (χ2n) is 24.5. The number of carbonyl (C=O) groups excluding carboxylic acids is 3. The van der Waals surface area contributed by atoms with Gasteiger partial charge in [-0.3, -0.25) is 14.4 Å². The standard InChI is InChI=1S/C75H138O6/c1-4-7-10-13-16-19-22-25-28-31-33-35-36-37-38-40-41-44-47-50-53-56-59-62-65-68-74(77)80-71-72(70-79-73(76)67-64-61-58-55-52-49-46-43-30-27-24-21-18-15-12-9-6-3)81-75(78)69-66-63-60-57-54-51-48-45-42-39-34-32-29-26-23-20-17-14-11-8-5-2/h23,26-27,30,32,34,42,45,72H,4-22,24-25,28-29,31,33,35-41,43-44,46-71H2,1-3H3/b26-23-,30-27-,34-32-,45-42-. The average Bonchev–Trinajstić information content (AvgIpc) is 3.47. The van der Waals surface area contributed by atoms with E-state index in [-0.39, 0.29) is 31.1 Å². The van der Waals surface area contributed by atoms with Gasteiger partial charge in [-0.15, -0.1) is 0 Å². The molecule has 0 saturated heterocycles. The summed E-state index contributed by atoms with van der Waals surface area (Å²) in [5, 5.41) is 0. The topological polar surface area (TPSA) is 78.9 Å². The van der Waals surface area contributed by atoms with Crippen LogP contribution in [0.2, 0.25) is 0 Å². The van der Waals surface area contributed by atoms with Crippen LogP contribution in [0, 0.1) is 0 Å². The summed E-state index contributed by atoms with van der Waals surface area (Å²) in [5.74, 6) is -0.866. The molecule has 6 nitrogen and oxygen atoms in total. The Morgan fingerprint density at radius 1 is 0.247 bits per heavy atom. The van der Waals surface area contributed by atoms with Gasteiger partial charge in [0.25, 0.3) is 0 Å². The van der Waals surface area contributed by atoms with Gasteiger partial charge in [0.15, 0.2) is 6.10 Å². The molecule has 0 N–H and O–H groups in total. The summed E-state index contributed by atoms with van der Waals surface area (Å²) in [6.07, 6.45) is 88.5. The van der Waals surface area contributed by atoms with E-state index in [0.717, 1.165) is 77.0 Å². The Kier molecular flexibility index (Phi) is 67.6. The lowest BCUT2D eigenvalue weighted by atomic mass is 10.0. The van der Waals surface area contributed by atoms with Crippen LogP contribution in [0.4, 0.5) is 0 Å².